The van der Waals surface area contributed by atoms with Crippen molar-refractivity contribution in [1.82, 2.24) is 10.3 Å². The quantitative estimate of drug-likeness (QED) is 0.377. The van der Waals surface area contributed by atoms with Gasteiger partial charge in [-0.15, -0.1) is 0 Å². The van der Waals surface area contributed by atoms with Gasteiger partial charge in [0.15, 0.2) is 0 Å². The van der Waals surface area contributed by atoms with E-state index in [-0.39, 0.29) is 0 Å². The first-order valence-corrected chi connectivity index (χ1v) is 10.2. The van der Waals surface area contributed by atoms with Crippen LogP contribution < -0.4 is 11.3 Å². The molecule has 1 saturated heterocycles. The average molecular weight is 364 g/mol. The van der Waals surface area contributed by atoms with E-state index < -0.39 is 0 Å². The van der Waals surface area contributed by atoms with Gasteiger partial charge in [0.05, 0.1) is 0 Å². The Morgan fingerprint density at radius 2 is 1.78 bits per heavy atom. The second kappa shape index (κ2) is 9.61. The molecular weight excluding hydrogens is 330 g/mol. The number of rotatable bonds is 9. The zero-order valence-corrected chi connectivity index (χ0v) is 16.6. The first-order chi connectivity index (χ1) is 13.2. The van der Waals surface area contributed by atoms with Crippen molar-refractivity contribution in [3.8, 4) is 0 Å². The van der Waals surface area contributed by atoms with Gasteiger partial charge in [-0.1, -0.05) is 43.0 Å². The van der Waals surface area contributed by atoms with Crippen LogP contribution in [0.25, 0.3) is 0 Å². The van der Waals surface area contributed by atoms with Crippen molar-refractivity contribution in [1.29, 1.82) is 0 Å². The van der Waals surface area contributed by atoms with E-state index in [1.807, 2.05) is 6.08 Å². The van der Waals surface area contributed by atoms with Crippen LogP contribution >= 0.6 is 0 Å². The van der Waals surface area contributed by atoms with Crippen LogP contribution in [0, 0.1) is 0 Å². The molecule has 27 heavy (non-hydrogen) atoms. The van der Waals surface area contributed by atoms with Gasteiger partial charge in [-0.25, -0.2) is 0 Å². The molecule has 0 atom stereocenters. The SMILES string of the molecule is C=C/C(=C\C=C(/C)N1CCCC1)CCc1ccc(CC(NN)=C2CC2)cc1. The smallest absolute Gasteiger partial charge is 0.0295 e. The molecular formula is C24H33N3. The van der Waals surface area contributed by atoms with Gasteiger partial charge < -0.3 is 10.3 Å². The first kappa shape index (κ1) is 19.5. The molecule has 3 heteroatoms. The highest BCUT2D eigenvalue weighted by atomic mass is 15.2. The predicted octanol–water partition coefficient (Wildman–Crippen LogP) is 4.78. The summed E-state index contributed by atoms with van der Waals surface area (Å²) in [4.78, 5) is 2.47. The third-order valence-electron chi connectivity index (χ3n) is 5.61. The normalized spacial score (nSPS) is 17.3. The number of nitrogens with two attached hydrogens (primary N) is 1. The molecule has 0 bridgehead atoms. The van der Waals surface area contributed by atoms with Gasteiger partial charge in [-0.05, 0) is 73.8 Å². The van der Waals surface area contributed by atoms with E-state index in [1.54, 1.807) is 0 Å². The monoisotopic (exact) mass is 363 g/mol. The fraction of sp³-hybridized carbons (Fsp3) is 0.417. The molecule has 1 heterocycles. The number of hydrogen-bond donors (Lipinski definition) is 2. The summed E-state index contributed by atoms with van der Waals surface area (Å²) >= 11 is 0. The van der Waals surface area contributed by atoms with Gasteiger partial charge >= 0.3 is 0 Å². The van der Waals surface area contributed by atoms with Crippen molar-refractivity contribution in [2.24, 2.45) is 5.84 Å². The fourth-order valence-electron chi connectivity index (χ4n) is 3.62. The highest BCUT2D eigenvalue weighted by Crippen LogP contribution is 2.31. The Hall–Kier alpha value is -2.26. The Balaban J connectivity index is 1.53. The molecule has 1 aliphatic carbocycles. The van der Waals surface area contributed by atoms with E-state index in [0.29, 0.717) is 0 Å². The topological polar surface area (TPSA) is 41.3 Å². The Morgan fingerprint density at radius 1 is 1.11 bits per heavy atom. The second-order valence-electron chi connectivity index (χ2n) is 7.67. The van der Waals surface area contributed by atoms with Crippen molar-refractivity contribution in [2.75, 3.05) is 13.1 Å². The molecule has 2 fully saturated rings. The largest absolute Gasteiger partial charge is 0.375 e. The van der Waals surface area contributed by atoms with Gasteiger partial charge in [-0.3, -0.25) is 5.84 Å². The molecule has 0 amide bonds. The van der Waals surface area contributed by atoms with E-state index >= 15 is 0 Å². The summed E-state index contributed by atoms with van der Waals surface area (Å²) in [5.74, 6) is 5.65. The molecule has 2 aliphatic rings. The van der Waals surface area contributed by atoms with Gasteiger partial charge in [-0.2, -0.15) is 0 Å². The van der Waals surface area contributed by atoms with E-state index in [9.17, 15) is 0 Å². The van der Waals surface area contributed by atoms with Crippen LogP contribution in [0.5, 0.6) is 0 Å². The lowest BCUT2D eigenvalue weighted by Gasteiger charge is -2.17. The second-order valence-corrected chi connectivity index (χ2v) is 7.67. The summed E-state index contributed by atoms with van der Waals surface area (Å²) in [6.45, 7) is 8.60. The number of benzene rings is 1. The molecule has 3 nitrogen and oxygen atoms in total. The summed E-state index contributed by atoms with van der Waals surface area (Å²) in [6.07, 6.45) is 14.5. The molecule has 0 unspecified atom stereocenters. The number of hydrogen-bond acceptors (Lipinski definition) is 3. The molecule has 0 aromatic heterocycles. The third kappa shape index (κ3) is 5.86. The van der Waals surface area contributed by atoms with Crippen molar-refractivity contribution in [3.05, 3.63) is 82.7 Å². The summed E-state index contributed by atoms with van der Waals surface area (Å²) in [5.41, 5.74) is 10.9. The molecule has 1 saturated carbocycles. The van der Waals surface area contributed by atoms with Crippen LogP contribution in [0.4, 0.5) is 0 Å². The minimum absolute atomic E-state index is 0.907. The average Bonchev–Trinajstić information content (AvgIpc) is 3.39. The number of hydrazine groups is 1. The molecule has 1 aromatic rings. The molecule has 3 N–H and O–H groups in total. The molecule has 3 rings (SSSR count). The van der Waals surface area contributed by atoms with E-state index in [1.165, 1.54) is 72.4 Å². The van der Waals surface area contributed by atoms with Crippen molar-refractivity contribution >= 4 is 0 Å². The zero-order valence-electron chi connectivity index (χ0n) is 16.6. The maximum absolute atomic E-state index is 5.65. The standard InChI is InChI=1S/C24H33N3/c1-3-20(7-6-19(2)27-16-4-5-17-27)8-9-21-10-12-22(13-11-21)18-24(26-25)23-14-15-23/h3,6-7,10-13,26H,1,4-5,8-9,14-18,25H2,2H3/b19-6+,20-7+. The number of allylic oxidation sites excluding steroid dienone is 7. The Morgan fingerprint density at radius 3 is 2.37 bits per heavy atom. The van der Waals surface area contributed by atoms with E-state index in [4.69, 9.17) is 5.84 Å². The van der Waals surface area contributed by atoms with Crippen LogP contribution in [0.15, 0.2) is 71.6 Å². The zero-order chi connectivity index (χ0) is 19.1. The molecule has 1 aliphatic heterocycles. The van der Waals surface area contributed by atoms with E-state index in [2.05, 4.69) is 60.2 Å². The summed E-state index contributed by atoms with van der Waals surface area (Å²) in [6, 6.07) is 8.94. The number of nitrogens with zero attached hydrogens (tertiary/aromatic N) is 1. The van der Waals surface area contributed by atoms with Gasteiger partial charge in [0, 0.05) is 30.9 Å². The lowest BCUT2D eigenvalue weighted by Crippen LogP contribution is -2.22. The Labute approximate surface area is 164 Å². The lowest BCUT2D eigenvalue weighted by molar-refractivity contribution is 0.428. The Bertz CT molecular complexity index is 725. The lowest BCUT2D eigenvalue weighted by atomic mass is 10.0. The van der Waals surface area contributed by atoms with Crippen LogP contribution in [-0.4, -0.2) is 18.0 Å². The van der Waals surface area contributed by atoms with Gasteiger partial charge in [0.2, 0.25) is 0 Å². The predicted molar refractivity (Wildman–Crippen MR) is 115 cm³/mol. The molecule has 0 spiro atoms. The summed E-state index contributed by atoms with van der Waals surface area (Å²) in [5, 5.41) is 0. The van der Waals surface area contributed by atoms with Crippen LogP contribution in [0.1, 0.15) is 50.2 Å². The first-order valence-electron chi connectivity index (χ1n) is 10.2. The maximum atomic E-state index is 5.65. The number of nitrogens with one attached hydrogen (secondary N) is 1. The third-order valence-corrected chi connectivity index (χ3v) is 5.61. The minimum Gasteiger partial charge on any atom is -0.375 e. The molecule has 144 valence electrons. The highest BCUT2D eigenvalue weighted by molar-refractivity contribution is 5.32. The van der Waals surface area contributed by atoms with Crippen molar-refractivity contribution < 1.29 is 0 Å². The van der Waals surface area contributed by atoms with Crippen molar-refractivity contribution in [3.63, 3.8) is 0 Å². The van der Waals surface area contributed by atoms with Gasteiger partial charge in [0.1, 0.15) is 0 Å². The van der Waals surface area contributed by atoms with Gasteiger partial charge in [0.25, 0.3) is 0 Å². The highest BCUT2D eigenvalue weighted by Gasteiger charge is 2.17. The molecule has 1 aromatic carbocycles. The minimum atomic E-state index is 0.907. The fourth-order valence-corrected chi connectivity index (χ4v) is 3.62. The van der Waals surface area contributed by atoms with E-state index in [0.717, 1.165) is 19.3 Å². The van der Waals surface area contributed by atoms with Crippen LogP contribution in [0.3, 0.4) is 0 Å². The van der Waals surface area contributed by atoms with Crippen LogP contribution in [0.2, 0.25) is 0 Å². The Kier molecular flexibility index (Phi) is 6.94. The summed E-state index contributed by atoms with van der Waals surface area (Å²) < 4.78 is 0. The molecule has 0 radical (unpaired) electrons. The van der Waals surface area contributed by atoms with Crippen LogP contribution in [-0.2, 0) is 12.8 Å². The summed E-state index contributed by atoms with van der Waals surface area (Å²) in [7, 11) is 0. The number of likely N-dealkylation sites (tertiary alicyclic amines) is 1. The number of aryl methyl sites for hydroxylation is 1. The maximum Gasteiger partial charge on any atom is 0.0295 e. The van der Waals surface area contributed by atoms with Crippen molar-refractivity contribution in [2.45, 2.75) is 51.9 Å².